The largest absolute Gasteiger partial charge is 0.436 e. The molecule has 3 heterocycles. The molecular weight excluding hydrogens is 562 g/mol. The van der Waals surface area contributed by atoms with Crippen molar-refractivity contribution in [1.29, 1.82) is 0 Å². The van der Waals surface area contributed by atoms with Crippen molar-refractivity contribution in [1.82, 2.24) is 25.3 Å². The minimum absolute atomic E-state index is 0.00580. The SMILES string of the molecule is O=S(=O)(Nc1ccc(Oc2nccnc2-c2ccnc(NC3CCCNC3)n2)c2ccccc12)c1ccccc1Cl. The van der Waals surface area contributed by atoms with Crippen molar-refractivity contribution in [2.75, 3.05) is 23.1 Å². The smallest absolute Gasteiger partial charge is 0.263 e. The number of halogens is 1. The van der Waals surface area contributed by atoms with Gasteiger partial charge in [-0.2, -0.15) is 0 Å². The van der Waals surface area contributed by atoms with Crippen LogP contribution in [-0.4, -0.2) is 47.5 Å². The van der Waals surface area contributed by atoms with Gasteiger partial charge in [-0.3, -0.25) is 4.72 Å². The maximum atomic E-state index is 13.1. The molecule has 6 rings (SSSR count). The topological polar surface area (TPSA) is 131 Å². The van der Waals surface area contributed by atoms with Gasteiger partial charge in [-0.25, -0.2) is 28.4 Å². The number of sulfonamides is 1. The molecule has 0 aliphatic carbocycles. The predicted molar refractivity (Wildman–Crippen MR) is 159 cm³/mol. The lowest BCUT2D eigenvalue weighted by Crippen LogP contribution is -2.38. The third-order valence-electron chi connectivity index (χ3n) is 6.65. The quantitative estimate of drug-likeness (QED) is 0.215. The summed E-state index contributed by atoms with van der Waals surface area (Å²) >= 11 is 6.16. The van der Waals surface area contributed by atoms with Gasteiger partial charge in [0.15, 0.2) is 5.69 Å². The minimum atomic E-state index is -3.93. The van der Waals surface area contributed by atoms with E-state index < -0.39 is 10.0 Å². The molecule has 208 valence electrons. The van der Waals surface area contributed by atoms with Crippen LogP contribution in [0.5, 0.6) is 11.6 Å². The molecule has 1 aliphatic heterocycles. The minimum Gasteiger partial charge on any atom is -0.436 e. The highest BCUT2D eigenvalue weighted by Crippen LogP contribution is 2.37. The number of nitrogens with zero attached hydrogens (tertiary/aromatic N) is 4. The number of hydrogen-bond acceptors (Lipinski definition) is 9. The Hall–Kier alpha value is -4.32. The summed E-state index contributed by atoms with van der Waals surface area (Å²) < 4.78 is 35.2. The van der Waals surface area contributed by atoms with Gasteiger partial charge in [-0.15, -0.1) is 0 Å². The van der Waals surface area contributed by atoms with Crippen LogP contribution in [0.1, 0.15) is 12.8 Å². The first kappa shape index (κ1) is 26.9. The van der Waals surface area contributed by atoms with Crippen molar-refractivity contribution in [3.8, 4) is 23.0 Å². The molecular formula is C29H26ClN7O3S. The average Bonchev–Trinajstić information content (AvgIpc) is 2.99. The lowest BCUT2D eigenvalue weighted by atomic mass is 10.1. The molecule has 1 atom stereocenters. The molecule has 1 aliphatic rings. The number of anilines is 2. The number of benzene rings is 3. The second-order valence-electron chi connectivity index (χ2n) is 9.46. The lowest BCUT2D eigenvalue weighted by Gasteiger charge is -2.23. The van der Waals surface area contributed by atoms with E-state index in [1.807, 2.05) is 24.3 Å². The fraction of sp³-hybridized carbons (Fsp3) is 0.172. The van der Waals surface area contributed by atoms with Crippen LogP contribution in [0.4, 0.5) is 11.6 Å². The van der Waals surface area contributed by atoms with Gasteiger partial charge < -0.3 is 15.4 Å². The Balaban J connectivity index is 1.31. The second kappa shape index (κ2) is 11.7. The number of rotatable bonds is 8. The fourth-order valence-corrected chi connectivity index (χ4v) is 6.31. The number of ether oxygens (including phenoxy) is 1. The fourth-order valence-electron chi connectivity index (χ4n) is 4.71. The van der Waals surface area contributed by atoms with Crippen LogP contribution in [-0.2, 0) is 10.0 Å². The highest BCUT2D eigenvalue weighted by atomic mass is 35.5. The zero-order chi connectivity index (χ0) is 28.2. The Labute approximate surface area is 242 Å². The summed E-state index contributed by atoms with van der Waals surface area (Å²) in [6.45, 7) is 1.87. The highest BCUT2D eigenvalue weighted by molar-refractivity contribution is 7.92. The van der Waals surface area contributed by atoms with Gasteiger partial charge >= 0.3 is 0 Å². The molecule has 0 radical (unpaired) electrons. The van der Waals surface area contributed by atoms with Gasteiger partial charge in [-0.05, 0) is 49.7 Å². The molecule has 0 saturated carbocycles. The van der Waals surface area contributed by atoms with Crippen molar-refractivity contribution in [3.05, 3.63) is 90.3 Å². The predicted octanol–water partition coefficient (Wildman–Crippen LogP) is 5.50. The molecule has 3 N–H and O–H groups in total. The molecule has 12 heteroatoms. The zero-order valence-corrected chi connectivity index (χ0v) is 23.4. The molecule has 1 fully saturated rings. The normalized spacial score (nSPS) is 15.4. The maximum absolute atomic E-state index is 13.1. The number of nitrogens with one attached hydrogen (secondary N) is 3. The number of piperidine rings is 1. The summed E-state index contributed by atoms with van der Waals surface area (Å²) in [6, 6.07) is 19.0. The van der Waals surface area contributed by atoms with Gasteiger partial charge in [-0.1, -0.05) is 48.0 Å². The summed E-state index contributed by atoms with van der Waals surface area (Å²) in [5.41, 5.74) is 1.39. The molecule has 0 bridgehead atoms. The summed E-state index contributed by atoms with van der Waals surface area (Å²) in [4.78, 5) is 18.0. The summed E-state index contributed by atoms with van der Waals surface area (Å²) in [6.07, 6.45) is 6.93. The van der Waals surface area contributed by atoms with Gasteiger partial charge in [0.1, 0.15) is 10.6 Å². The van der Waals surface area contributed by atoms with Gasteiger partial charge in [0.2, 0.25) is 11.8 Å². The number of hydrogen-bond donors (Lipinski definition) is 3. The number of fused-ring (bicyclic) bond motifs is 1. The maximum Gasteiger partial charge on any atom is 0.263 e. The first-order valence-electron chi connectivity index (χ1n) is 13.1. The third kappa shape index (κ3) is 5.92. The Morgan fingerprint density at radius 1 is 0.902 bits per heavy atom. The lowest BCUT2D eigenvalue weighted by molar-refractivity contribution is 0.467. The Bertz CT molecular complexity index is 1810. The van der Waals surface area contributed by atoms with E-state index in [-0.39, 0.29) is 21.8 Å². The molecule has 2 aromatic heterocycles. The molecule has 0 amide bonds. The Morgan fingerprint density at radius 3 is 2.54 bits per heavy atom. The van der Waals surface area contributed by atoms with E-state index in [1.54, 1.807) is 48.9 Å². The Morgan fingerprint density at radius 2 is 1.71 bits per heavy atom. The summed E-state index contributed by atoms with van der Waals surface area (Å²) in [7, 11) is -3.93. The van der Waals surface area contributed by atoms with Crippen molar-refractivity contribution in [2.24, 2.45) is 0 Å². The van der Waals surface area contributed by atoms with E-state index in [1.165, 1.54) is 12.1 Å². The van der Waals surface area contributed by atoms with Crippen molar-refractivity contribution < 1.29 is 13.2 Å². The first-order valence-corrected chi connectivity index (χ1v) is 14.9. The molecule has 10 nitrogen and oxygen atoms in total. The van der Waals surface area contributed by atoms with Crippen molar-refractivity contribution in [2.45, 2.75) is 23.8 Å². The van der Waals surface area contributed by atoms with Gasteiger partial charge in [0.05, 0.1) is 16.4 Å². The van der Waals surface area contributed by atoms with E-state index in [2.05, 4.69) is 35.3 Å². The van der Waals surface area contributed by atoms with Crippen molar-refractivity contribution in [3.63, 3.8) is 0 Å². The number of aromatic nitrogens is 4. The average molecular weight is 588 g/mol. The van der Waals surface area contributed by atoms with E-state index in [9.17, 15) is 8.42 Å². The standard InChI is InChI=1S/C29H26ClN7O3S/c30-22-9-3-4-10-26(22)41(38,39)37-23-11-12-25(21-8-2-1-7-20(21)23)40-28-27(32-16-17-33-28)24-13-15-34-29(36-24)35-19-6-5-14-31-18-19/h1-4,7-13,15-17,19,31,37H,5-6,14,18H2,(H,34,35,36). The Kier molecular flexibility index (Phi) is 7.64. The molecule has 0 spiro atoms. The zero-order valence-electron chi connectivity index (χ0n) is 21.8. The van der Waals surface area contributed by atoms with Crippen molar-refractivity contribution >= 4 is 44.0 Å². The van der Waals surface area contributed by atoms with Gasteiger partial charge in [0.25, 0.3) is 10.0 Å². The molecule has 1 unspecified atom stereocenters. The van der Waals surface area contributed by atoms with Crippen LogP contribution in [0.3, 0.4) is 0 Å². The second-order valence-corrected chi connectivity index (χ2v) is 11.5. The van der Waals surface area contributed by atoms with E-state index in [4.69, 9.17) is 16.3 Å². The van der Waals surface area contributed by atoms with E-state index >= 15 is 0 Å². The molecule has 5 aromatic rings. The van der Waals surface area contributed by atoms with Crippen LogP contribution >= 0.6 is 11.6 Å². The van der Waals surface area contributed by atoms with E-state index in [0.717, 1.165) is 25.9 Å². The van der Waals surface area contributed by atoms with Crippen LogP contribution in [0.2, 0.25) is 5.02 Å². The van der Waals surface area contributed by atoms with Crippen LogP contribution < -0.4 is 20.1 Å². The monoisotopic (exact) mass is 587 g/mol. The van der Waals surface area contributed by atoms with Gasteiger partial charge in [0, 0.05) is 41.9 Å². The summed E-state index contributed by atoms with van der Waals surface area (Å²) in [5.74, 6) is 1.24. The van der Waals surface area contributed by atoms with E-state index in [0.29, 0.717) is 39.5 Å². The molecule has 41 heavy (non-hydrogen) atoms. The third-order valence-corrected chi connectivity index (χ3v) is 8.52. The molecule has 1 saturated heterocycles. The van der Waals surface area contributed by atoms with Crippen LogP contribution in [0, 0.1) is 0 Å². The van der Waals surface area contributed by atoms with Crippen LogP contribution in [0.25, 0.3) is 22.2 Å². The molecule has 3 aromatic carbocycles. The van der Waals surface area contributed by atoms with Crippen LogP contribution in [0.15, 0.2) is 90.2 Å². The first-order chi connectivity index (χ1) is 20.0. The summed E-state index contributed by atoms with van der Waals surface area (Å²) in [5, 5.41) is 8.22. The highest BCUT2D eigenvalue weighted by Gasteiger charge is 2.21.